The van der Waals surface area contributed by atoms with Gasteiger partial charge < -0.3 is 10.1 Å². The van der Waals surface area contributed by atoms with Crippen LogP contribution >= 0.6 is 11.6 Å². The first kappa shape index (κ1) is 14.8. The Bertz CT molecular complexity index is 413. The Hall–Kier alpha value is -0.580. The van der Waals surface area contributed by atoms with Gasteiger partial charge in [0.2, 0.25) is 0 Å². The fourth-order valence-electron chi connectivity index (χ4n) is 2.76. The lowest BCUT2D eigenvalue weighted by Gasteiger charge is -2.18. The largest absolute Gasteiger partial charge is 0.378 e. The minimum atomic E-state index is 0.435. The van der Waals surface area contributed by atoms with Crippen molar-refractivity contribution in [2.24, 2.45) is 7.05 Å². The van der Waals surface area contributed by atoms with Crippen LogP contribution in [0.25, 0.3) is 0 Å². The van der Waals surface area contributed by atoms with Gasteiger partial charge >= 0.3 is 0 Å². The molecule has 1 saturated heterocycles. The maximum atomic E-state index is 6.29. The summed E-state index contributed by atoms with van der Waals surface area (Å²) in [5.74, 6) is 0. The van der Waals surface area contributed by atoms with Crippen molar-refractivity contribution < 1.29 is 4.74 Å². The van der Waals surface area contributed by atoms with Crippen molar-refractivity contribution in [1.82, 2.24) is 15.1 Å². The van der Waals surface area contributed by atoms with Crippen LogP contribution in [0, 0.1) is 6.92 Å². The third-order valence-corrected chi connectivity index (χ3v) is 4.46. The Morgan fingerprint density at radius 3 is 2.89 bits per heavy atom. The summed E-state index contributed by atoms with van der Waals surface area (Å²) >= 11 is 6.29. The lowest BCUT2D eigenvalue weighted by molar-refractivity contribution is 0.0998. The highest BCUT2D eigenvalue weighted by Gasteiger charge is 2.20. The van der Waals surface area contributed by atoms with Crippen LogP contribution in [0.5, 0.6) is 0 Å². The predicted molar refractivity (Wildman–Crippen MR) is 77.7 cm³/mol. The van der Waals surface area contributed by atoms with Gasteiger partial charge in [-0.05, 0) is 46.1 Å². The number of nitrogens with one attached hydrogen (secondary N) is 1. The molecule has 4 nitrogen and oxygen atoms in total. The average molecular weight is 286 g/mol. The zero-order valence-electron chi connectivity index (χ0n) is 12.1. The average Bonchev–Trinajstić information content (AvgIpc) is 2.98. The second-order valence-electron chi connectivity index (χ2n) is 5.38. The highest BCUT2D eigenvalue weighted by atomic mass is 35.5. The van der Waals surface area contributed by atoms with Crippen LogP contribution in [-0.4, -0.2) is 35.6 Å². The molecular formula is C14H24ClN3O. The Morgan fingerprint density at radius 1 is 1.58 bits per heavy atom. The third-order valence-electron chi connectivity index (χ3n) is 3.99. The molecule has 5 heteroatoms. The van der Waals surface area contributed by atoms with Crippen molar-refractivity contribution in [3.05, 3.63) is 16.4 Å². The number of hydrogen-bond acceptors (Lipinski definition) is 3. The molecule has 0 radical (unpaired) electrons. The molecule has 1 fully saturated rings. The molecule has 0 saturated carbocycles. The molecule has 0 aromatic carbocycles. The fourth-order valence-corrected chi connectivity index (χ4v) is 3.01. The Kier molecular flexibility index (Phi) is 5.25. The minimum absolute atomic E-state index is 0.435. The molecule has 0 bridgehead atoms. The Balaban J connectivity index is 1.90. The van der Waals surface area contributed by atoms with Crippen molar-refractivity contribution in [3.8, 4) is 0 Å². The maximum absolute atomic E-state index is 6.29. The van der Waals surface area contributed by atoms with Crippen molar-refractivity contribution in [1.29, 1.82) is 0 Å². The molecule has 1 aliphatic rings. The first-order valence-corrected chi connectivity index (χ1v) is 7.46. The molecule has 108 valence electrons. The fraction of sp³-hybridized carbons (Fsp3) is 0.786. The smallest absolute Gasteiger partial charge is 0.130 e. The first-order chi connectivity index (χ1) is 9.11. The van der Waals surface area contributed by atoms with Gasteiger partial charge in [-0.2, -0.15) is 5.10 Å². The van der Waals surface area contributed by atoms with Gasteiger partial charge in [0, 0.05) is 25.3 Å². The van der Waals surface area contributed by atoms with E-state index < -0.39 is 0 Å². The van der Waals surface area contributed by atoms with Gasteiger partial charge in [-0.25, -0.2) is 0 Å². The SMILES string of the molecule is CNC(CCC1CCCO1)Cc1c(C)nn(C)c1Cl. The van der Waals surface area contributed by atoms with Crippen LogP contribution in [0.1, 0.15) is 36.9 Å². The zero-order valence-corrected chi connectivity index (χ0v) is 12.8. The number of aryl methyl sites for hydroxylation is 2. The van der Waals surface area contributed by atoms with Crippen molar-refractivity contribution in [2.45, 2.75) is 51.2 Å². The molecule has 0 spiro atoms. The van der Waals surface area contributed by atoms with E-state index in [0.717, 1.165) is 42.3 Å². The van der Waals surface area contributed by atoms with E-state index in [1.807, 2.05) is 21.0 Å². The van der Waals surface area contributed by atoms with Crippen molar-refractivity contribution in [3.63, 3.8) is 0 Å². The summed E-state index contributed by atoms with van der Waals surface area (Å²) in [6.45, 7) is 2.95. The van der Waals surface area contributed by atoms with E-state index >= 15 is 0 Å². The summed E-state index contributed by atoms with van der Waals surface area (Å²) in [4.78, 5) is 0. The molecule has 2 unspecified atom stereocenters. The predicted octanol–water partition coefficient (Wildman–Crippen LogP) is 2.47. The maximum Gasteiger partial charge on any atom is 0.130 e. The molecule has 2 atom stereocenters. The second kappa shape index (κ2) is 6.73. The summed E-state index contributed by atoms with van der Waals surface area (Å²) < 4.78 is 7.43. The van der Waals surface area contributed by atoms with Gasteiger partial charge in [0.1, 0.15) is 5.15 Å². The molecule has 1 N–H and O–H groups in total. The number of nitrogens with zero attached hydrogens (tertiary/aromatic N) is 2. The van der Waals surface area contributed by atoms with Gasteiger partial charge in [-0.3, -0.25) is 4.68 Å². The van der Waals surface area contributed by atoms with E-state index in [1.54, 1.807) is 4.68 Å². The summed E-state index contributed by atoms with van der Waals surface area (Å²) in [6, 6.07) is 0.435. The van der Waals surface area contributed by atoms with E-state index in [0.29, 0.717) is 12.1 Å². The van der Waals surface area contributed by atoms with Crippen LogP contribution in [-0.2, 0) is 18.2 Å². The van der Waals surface area contributed by atoms with E-state index in [9.17, 15) is 0 Å². The summed E-state index contributed by atoms with van der Waals surface area (Å²) in [5, 5.41) is 8.51. The van der Waals surface area contributed by atoms with Gasteiger partial charge in [-0.1, -0.05) is 11.6 Å². The highest BCUT2D eigenvalue weighted by Crippen LogP contribution is 2.23. The molecule has 2 heterocycles. The standard InChI is InChI=1S/C14H24ClN3O/c1-10-13(14(15)18(3)17-10)9-11(16-2)6-7-12-5-4-8-19-12/h11-12,16H,4-9H2,1-3H3. The topological polar surface area (TPSA) is 39.1 Å². The third kappa shape index (κ3) is 3.71. The summed E-state index contributed by atoms with van der Waals surface area (Å²) in [5.41, 5.74) is 2.20. The number of ether oxygens (including phenoxy) is 1. The van der Waals surface area contributed by atoms with E-state index in [-0.39, 0.29) is 0 Å². The number of rotatable bonds is 6. The number of halogens is 1. The molecule has 1 aromatic rings. The van der Waals surface area contributed by atoms with Gasteiger partial charge in [0.25, 0.3) is 0 Å². The minimum Gasteiger partial charge on any atom is -0.378 e. The van der Waals surface area contributed by atoms with Crippen molar-refractivity contribution >= 4 is 11.6 Å². The Labute approximate surface area is 120 Å². The molecular weight excluding hydrogens is 262 g/mol. The highest BCUT2D eigenvalue weighted by molar-refractivity contribution is 6.30. The first-order valence-electron chi connectivity index (χ1n) is 7.08. The van der Waals surface area contributed by atoms with Gasteiger partial charge in [-0.15, -0.1) is 0 Å². The molecule has 2 rings (SSSR count). The molecule has 0 aliphatic carbocycles. The van der Waals surface area contributed by atoms with E-state index in [4.69, 9.17) is 16.3 Å². The van der Waals surface area contributed by atoms with Crippen LogP contribution in [0.4, 0.5) is 0 Å². The van der Waals surface area contributed by atoms with Crippen LogP contribution in [0.15, 0.2) is 0 Å². The second-order valence-corrected chi connectivity index (χ2v) is 5.74. The van der Waals surface area contributed by atoms with Crippen molar-refractivity contribution in [2.75, 3.05) is 13.7 Å². The quantitative estimate of drug-likeness (QED) is 0.873. The van der Waals surface area contributed by atoms with Gasteiger partial charge in [0.15, 0.2) is 0 Å². The Morgan fingerprint density at radius 2 is 2.37 bits per heavy atom. The van der Waals surface area contributed by atoms with E-state index in [2.05, 4.69) is 10.4 Å². The monoisotopic (exact) mass is 285 g/mol. The van der Waals surface area contributed by atoms with E-state index in [1.165, 1.54) is 12.8 Å². The summed E-state index contributed by atoms with van der Waals surface area (Å²) in [6.07, 6.45) is 6.06. The molecule has 1 aromatic heterocycles. The number of likely N-dealkylation sites (N-methyl/N-ethyl adjacent to an activating group) is 1. The van der Waals surface area contributed by atoms with Gasteiger partial charge in [0.05, 0.1) is 11.8 Å². The van der Waals surface area contributed by atoms with Crippen LogP contribution in [0.3, 0.4) is 0 Å². The number of aromatic nitrogens is 2. The normalized spacial score (nSPS) is 20.9. The lowest BCUT2D eigenvalue weighted by atomic mass is 10.00. The summed E-state index contributed by atoms with van der Waals surface area (Å²) in [7, 11) is 3.90. The zero-order chi connectivity index (χ0) is 13.8. The van der Waals surface area contributed by atoms with Crippen LogP contribution < -0.4 is 5.32 Å². The molecule has 0 amide bonds. The number of hydrogen-bond donors (Lipinski definition) is 1. The molecule has 19 heavy (non-hydrogen) atoms. The molecule has 1 aliphatic heterocycles. The lowest BCUT2D eigenvalue weighted by Crippen LogP contribution is -2.29. The van der Waals surface area contributed by atoms with Crippen LogP contribution in [0.2, 0.25) is 5.15 Å².